The number of hydrogen-bond acceptors (Lipinski definition) is 7. The third kappa shape index (κ3) is 12.6. The summed E-state index contributed by atoms with van der Waals surface area (Å²) in [6.45, 7) is 15.4. The van der Waals surface area contributed by atoms with E-state index in [4.69, 9.17) is 0 Å². The van der Waals surface area contributed by atoms with E-state index in [-0.39, 0.29) is 47.7 Å². The van der Waals surface area contributed by atoms with Crippen LogP contribution in [-0.2, 0) is 19.2 Å². The van der Waals surface area contributed by atoms with Gasteiger partial charge in [-0.25, -0.2) is 0 Å². The van der Waals surface area contributed by atoms with Gasteiger partial charge < -0.3 is 31.9 Å². The van der Waals surface area contributed by atoms with Gasteiger partial charge in [0.1, 0.15) is 12.1 Å². The Kier molecular flexibility index (Phi) is 16.2. The third-order valence-electron chi connectivity index (χ3n) is 7.59. The molecule has 0 aromatic carbocycles. The van der Waals surface area contributed by atoms with Crippen LogP contribution in [-0.4, -0.2) is 78.5 Å². The second-order valence-electron chi connectivity index (χ2n) is 11.3. The molecule has 6 atom stereocenters. The first-order chi connectivity index (χ1) is 20.2. The van der Waals surface area contributed by atoms with Crippen molar-refractivity contribution in [3.05, 3.63) is 30.1 Å². The average Bonchev–Trinajstić information content (AvgIpc) is 2.98. The van der Waals surface area contributed by atoms with Gasteiger partial charge in [-0.1, -0.05) is 54.4 Å². The first kappa shape index (κ1) is 37.3. The summed E-state index contributed by atoms with van der Waals surface area (Å²) in [6.07, 6.45) is 4.00. The summed E-state index contributed by atoms with van der Waals surface area (Å²) in [4.78, 5) is 63.7. The van der Waals surface area contributed by atoms with Gasteiger partial charge in [0, 0.05) is 36.0 Å². The predicted molar refractivity (Wildman–Crippen MR) is 162 cm³/mol. The van der Waals surface area contributed by atoms with Crippen LogP contribution in [0.2, 0.25) is 0 Å². The lowest BCUT2D eigenvalue weighted by Gasteiger charge is -2.28. The van der Waals surface area contributed by atoms with Crippen molar-refractivity contribution in [2.24, 2.45) is 17.8 Å². The summed E-state index contributed by atoms with van der Waals surface area (Å²) in [5, 5.41) is 26.4. The number of amides is 5. The van der Waals surface area contributed by atoms with Crippen LogP contribution in [0.1, 0.15) is 78.6 Å². The molecule has 3 unspecified atom stereocenters. The summed E-state index contributed by atoms with van der Waals surface area (Å²) >= 11 is 0. The minimum Gasteiger partial charge on any atom is -0.355 e. The molecule has 1 aromatic heterocycles. The van der Waals surface area contributed by atoms with E-state index in [9.17, 15) is 29.2 Å². The van der Waals surface area contributed by atoms with Crippen molar-refractivity contribution in [1.82, 2.24) is 31.9 Å². The maximum absolute atomic E-state index is 13.0. The van der Waals surface area contributed by atoms with E-state index < -0.39 is 35.8 Å². The molecule has 5 amide bonds. The largest absolute Gasteiger partial charge is 0.355 e. The molecule has 1 aromatic rings. The van der Waals surface area contributed by atoms with Crippen molar-refractivity contribution in [1.29, 1.82) is 0 Å². The lowest BCUT2D eigenvalue weighted by molar-refractivity contribution is -0.904. The molecular weight excluding hydrogens is 554 g/mol. The number of likely N-dealkylation sites (N-methyl/N-ethyl adjacent to an activating group) is 1. The zero-order valence-electron chi connectivity index (χ0n) is 26.8. The number of rotatable bonds is 18. The molecule has 1 rings (SSSR count). The van der Waals surface area contributed by atoms with E-state index in [0.29, 0.717) is 19.5 Å². The van der Waals surface area contributed by atoms with Gasteiger partial charge in [0.2, 0.25) is 36.0 Å². The third-order valence-corrected chi connectivity index (χ3v) is 7.59. The Balaban J connectivity index is 2.76. The van der Waals surface area contributed by atoms with Crippen LogP contribution >= 0.6 is 0 Å². The van der Waals surface area contributed by atoms with Gasteiger partial charge in [-0.05, 0) is 31.6 Å². The quantitative estimate of drug-likeness (QED) is 0.0924. The zero-order valence-corrected chi connectivity index (χ0v) is 26.8. The first-order valence-corrected chi connectivity index (χ1v) is 15.1. The number of nitrogens with zero attached hydrogens (tertiary/aromatic N) is 1. The summed E-state index contributed by atoms with van der Waals surface area (Å²) < 4.78 is 0.808. The fourth-order valence-corrected chi connectivity index (χ4v) is 4.20. The second-order valence-corrected chi connectivity index (χ2v) is 11.3. The molecule has 242 valence electrons. The molecule has 0 bridgehead atoms. The standard InChI is InChI=1S/C30H51N7O6/c1-9-19(6)23(16-32-21(8)27(39)35-25(18(4)5)29(41)31-11-3)34-24(38)17-33-30(42)26(20(7)10-2)36-28(40)22-12-14-37(43)15-13-22/h12-15,18-21,23,25-26,32H,9-11,16-17H2,1-8H3,(H5-,31,33,34,35,36,38,39,40,41,42,43)/p+1/t19-,20-,21-,23?,25?,26?/m0/s1. The Bertz CT molecular complexity index is 1070. The van der Waals surface area contributed by atoms with E-state index in [2.05, 4.69) is 31.9 Å². The molecule has 0 spiro atoms. The van der Waals surface area contributed by atoms with Crippen LogP contribution in [0.3, 0.4) is 0 Å². The van der Waals surface area contributed by atoms with Gasteiger partial charge in [0.25, 0.3) is 5.91 Å². The highest BCUT2D eigenvalue weighted by atomic mass is 16.5. The van der Waals surface area contributed by atoms with Gasteiger partial charge in [-0.15, -0.1) is 0 Å². The molecule has 0 saturated heterocycles. The van der Waals surface area contributed by atoms with Crippen molar-refractivity contribution in [2.45, 2.75) is 92.4 Å². The van der Waals surface area contributed by atoms with Crippen molar-refractivity contribution >= 4 is 29.5 Å². The predicted octanol–water partition coefficient (Wildman–Crippen LogP) is 0.258. The monoisotopic (exact) mass is 606 g/mol. The Labute approximate surface area is 255 Å². The molecule has 0 aliphatic carbocycles. The average molecular weight is 607 g/mol. The van der Waals surface area contributed by atoms with Crippen molar-refractivity contribution < 1.29 is 33.9 Å². The minimum absolute atomic E-state index is 0.0665. The van der Waals surface area contributed by atoms with Crippen LogP contribution in [0.15, 0.2) is 24.5 Å². The Morgan fingerprint density at radius 1 is 0.767 bits per heavy atom. The molecule has 0 fully saturated rings. The molecule has 0 saturated carbocycles. The van der Waals surface area contributed by atoms with Gasteiger partial charge in [-0.3, -0.25) is 29.2 Å². The number of nitrogens with one attached hydrogen (secondary N) is 6. The number of carbonyl (C=O) groups excluding carboxylic acids is 5. The summed E-state index contributed by atoms with van der Waals surface area (Å²) in [5.41, 5.74) is 0.278. The van der Waals surface area contributed by atoms with Crippen LogP contribution < -0.4 is 36.6 Å². The molecular formula is C30H52N7O6+. The van der Waals surface area contributed by atoms with Crippen LogP contribution in [0, 0.1) is 17.8 Å². The number of aromatic nitrogens is 1. The van der Waals surface area contributed by atoms with Crippen LogP contribution in [0.25, 0.3) is 0 Å². The minimum atomic E-state index is -0.868. The topological polar surface area (TPSA) is 182 Å². The van der Waals surface area contributed by atoms with E-state index in [0.717, 1.165) is 11.2 Å². The summed E-state index contributed by atoms with van der Waals surface area (Å²) in [7, 11) is 0. The Hall–Kier alpha value is -3.74. The van der Waals surface area contributed by atoms with Gasteiger partial charge in [0.05, 0.1) is 18.2 Å². The second kappa shape index (κ2) is 18.7. The van der Waals surface area contributed by atoms with E-state index in [1.54, 1.807) is 6.92 Å². The lowest BCUT2D eigenvalue weighted by atomic mass is 9.97. The number of hydrogen-bond donors (Lipinski definition) is 7. The molecule has 43 heavy (non-hydrogen) atoms. The highest BCUT2D eigenvalue weighted by Gasteiger charge is 2.29. The summed E-state index contributed by atoms with van der Waals surface area (Å²) in [6, 6.07) is 0.376. The maximum Gasteiger partial charge on any atom is 0.252 e. The SMILES string of the molecule is CCNC(=O)C(NC(=O)[C@H](C)NCC(NC(=O)CNC(=O)C(NC(=O)c1cc[n+](O)cc1)[C@@H](C)CC)[C@@H](C)CC)C(C)C. The highest BCUT2D eigenvalue weighted by Crippen LogP contribution is 2.10. The summed E-state index contributed by atoms with van der Waals surface area (Å²) in [5.74, 6) is -2.15. The van der Waals surface area contributed by atoms with Crippen molar-refractivity contribution in [2.75, 3.05) is 19.6 Å². The van der Waals surface area contributed by atoms with Gasteiger partial charge in [-0.2, -0.15) is 0 Å². The Morgan fingerprint density at radius 2 is 1.35 bits per heavy atom. The van der Waals surface area contributed by atoms with Crippen molar-refractivity contribution in [3.8, 4) is 0 Å². The molecule has 0 aliphatic heterocycles. The molecule has 0 radical (unpaired) electrons. The van der Waals surface area contributed by atoms with Crippen LogP contribution in [0.5, 0.6) is 0 Å². The van der Waals surface area contributed by atoms with Crippen LogP contribution in [0.4, 0.5) is 0 Å². The fourth-order valence-electron chi connectivity index (χ4n) is 4.20. The van der Waals surface area contributed by atoms with E-state index in [1.807, 2.05) is 48.5 Å². The molecule has 13 nitrogen and oxygen atoms in total. The number of pyridine rings is 1. The first-order valence-electron chi connectivity index (χ1n) is 15.1. The fraction of sp³-hybridized carbons (Fsp3) is 0.667. The number of carbonyl (C=O) groups is 5. The zero-order chi connectivity index (χ0) is 32.7. The molecule has 13 heteroatoms. The van der Waals surface area contributed by atoms with Gasteiger partial charge >= 0.3 is 0 Å². The normalized spacial score (nSPS) is 15.3. The smallest absolute Gasteiger partial charge is 0.252 e. The maximum atomic E-state index is 13.0. The highest BCUT2D eigenvalue weighted by molar-refractivity contribution is 5.98. The Morgan fingerprint density at radius 3 is 1.88 bits per heavy atom. The van der Waals surface area contributed by atoms with Crippen molar-refractivity contribution in [3.63, 3.8) is 0 Å². The molecule has 7 N–H and O–H groups in total. The molecule has 1 heterocycles. The van der Waals surface area contributed by atoms with E-state index >= 15 is 0 Å². The van der Waals surface area contributed by atoms with Gasteiger partial charge in [0.15, 0.2) is 0 Å². The van der Waals surface area contributed by atoms with E-state index in [1.165, 1.54) is 24.5 Å². The lowest BCUT2D eigenvalue weighted by Crippen LogP contribution is -2.56. The molecule has 0 aliphatic rings.